The van der Waals surface area contributed by atoms with Crippen molar-refractivity contribution < 1.29 is 17.9 Å². The van der Waals surface area contributed by atoms with Crippen LogP contribution in [0.4, 0.5) is 0 Å². The lowest BCUT2D eigenvalue weighted by molar-refractivity contribution is 0.0697. The van der Waals surface area contributed by atoms with Crippen molar-refractivity contribution in [2.45, 2.75) is 25.7 Å². The Labute approximate surface area is 164 Å². The number of amides is 1. The molecule has 0 N–H and O–H groups in total. The Balaban J connectivity index is 1.69. The molecule has 146 valence electrons. The van der Waals surface area contributed by atoms with E-state index in [0.29, 0.717) is 49.0 Å². The minimum atomic E-state index is -3.51. The van der Waals surface area contributed by atoms with Gasteiger partial charge in [-0.1, -0.05) is 6.07 Å². The van der Waals surface area contributed by atoms with E-state index in [9.17, 15) is 13.2 Å². The molecule has 1 aliphatic heterocycles. The Morgan fingerprint density at radius 2 is 1.85 bits per heavy atom. The molecule has 8 heteroatoms. The van der Waals surface area contributed by atoms with Gasteiger partial charge in [0.1, 0.15) is 5.75 Å². The maximum Gasteiger partial charge on any atom is 0.254 e. The van der Waals surface area contributed by atoms with Gasteiger partial charge in [0.15, 0.2) is 0 Å². The summed E-state index contributed by atoms with van der Waals surface area (Å²) in [5.74, 6) is 0.559. The molecule has 1 aliphatic rings. The van der Waals surface area contributed by atoms with Crippen molar-refractivity contribution in [3.63, 3.8) is 0 Å². The molecule has 1 amide bonds. The van der Waals surface area contributed by atoms with Crippen molar-refractivity contribution in [3.8, 4) is 5.75 Å². The molecule has 0 unspecified atom stereocenters. The van der Waals surface area contributed by atoms with Crippen LogP contribution in [0.3, 0.4) is 0 Å². The van der Waals surface area contributed by atoms with E-state index in [1.165, 1.54) is 15.6 Å². The number of carbonyl (C=O) groups excluding carboxylic acids is 1. The number of carbonyl (C=O) groups is 1. The van der Waals surface area contributed by atoms with E-state index in [-0.39, 0.29) is 5.91 Å². The van der Waals surface area contributed by atoms with Crippen molar-refractivity contribution in [1.29, 1.82) is 0 Å². The van der Waals surface area contributed by atoms with Gasteiger partial charge in [-0.25, -0.2) is 8.42 Å². The zero-order chi connectivity index (χ0) is 19.6. The average molecular weight is 409 g/mol. The SMILES string of the molecule is CCOc1cccc(C(=O)N2CCN(S(=O)(=O)c3cc(C)sc3C)CC2)c1. The van der Waals surface area contributed by atoms with Gasteiger partial charge in [0.2, 0.25) is 10.0 Å². The molecule has 0 saturated carbocycles. The number of aryl methyl sites for hydroxylation is 2. The summed E-state index contributed by atoms with van der Waals surface area (Å²) in [5, 5.41) is 0. The Morgan fingerprint density at radius 1 is 1.15 bits per heavy atom. The fourth-order valence-electron chi connectivity index (χ4n) is 3.20. The molecule has 1 fully saturated rings. The molecule has 0 bridgehead atoms. The average Bonchev–Trinajstić information content (AvgIpc) is 3.01. The first kappa shape index (κ1) is 19.9. The van der Waals surface area contributed by atoms with E-state index in [4.69, 9.17) is 4.74 Å². The fourth-order valence-corrected chi connectivity index (χ4v) is 6.15. The molecule has 0 aliphatic carbocycles. The number of piperazine rings is 1. The zero-order valence-corrected chi connectivity index (χ0v) is 17.4. The van der Waals surface area contributed by atoms with Gasteiger partial charge >= 0.3 is 0 Å². The maximum atomic E-state index is 12.9. The molecule has 6 nitrogen and oxygen atoms in total. The molecule has 0 spiro atoms. The monoisotopic (exact) mass is 408 g/mol. The van der Waals surface area contributed by atoms with Crippen LogP contribution in [-0.2, 0) is 10.0 Å². The highest BCUT2D eigenvalue weighted by atomic mass is 32.2. The molecule has 0 atom stereocenters. The second-order valence-corrected chi connectivity index (χ2v) is 9.80. The molecule has 2 heterocycles. The highest BCUT2D eigenvalue weighted by Gasteiger charge is 2.32. The van der Waals surface area contributed by atoms with Crippen molar-refractivity contribution >= 4 is 27.3 Å². The first-order valence-corrected chi connectivity index (χ1v) is 11.2. The third kappa shape index (κ3) is 4.17. The molecule has 1 saturated heterocycles. The van der Waals surface area contributed by atoms with E-state index in [2.05, 4.69) is 0 Å². The van der Waals surface area contributed by atoms with Gasteiger partial charge in [0.05, 0.1) is 11.5 Å². The van der Waals surface area contributed by atoms with Gasteiger partial charge in [-0.05, 0) is 45.0 Å². The van der Waals surface area contributed by atoms with Gasteiger partial charge in [0, 0.05) is 41.5 Å². The molecular formula is C19H24N2O4S2. The number of sulfonamides is 1. The molecule has 0 radical (unpaired) electrons. The number of ether oxygens (including phenoxy) is 1. The number of nitrogens with zero attached hydrogens (tertiary/aromatic N) is 2. The lowest BCUT2D eigenvalue weighted by atomic mass is 10.1. The highest BCUT2D eigenvalue weighted by Crippen LogP contribution is 2.28. The summed E-state index contributed by atoms with van der Waals surface area (Å²) >= 11 is 1.49. The van der Waals surface area contributed by atoms with Crippen LogP contribution < -0.4 is 4.74 Å². The van der Waals surface area contributed by atoms with Gasteiger partial charge < -0.3 is 9.64 Å². The van der Waals surface area contributed by atoms with E-state index in [1.54, 1.807) is 29.2 Å². The zero-order valence-electron chi connectivity index (χ0n) is 15.8. The lowest BCUT2D eigenvalue weighted by Crippen LogP contribution is -2.50. The number of rotatable bonds is 5. The summed E-state index contributed by atoms with van der Waals surface area (Å²) in [5.41, 5.74) is 0.557. The Bertz CT molecular complexity index is 929. The molecular weight excluding hydrogens is 384 g/mol. The first-order chi connectivity index (χ1) is 12.8. The van der Waals surface area contributed by atoms with Crippen LogP contribution in [0.1, 0.15) is 27.0 Å². The Morgan fingerprint density at radius 3 is 2.44 bits per heavy atom. The summed E-state index contributed by atoms with van der Waals surface area (Å²) in [4.78, 5) is 16.6. The minimum absolute atomic E-state index is 0.101. The number of hydrogen-bond donors (Lipinski definition) is 0. The summed E-state index contributed by atoms with van der Waals surface area (Å²) in [7, 11) is -3.51. The Hall–Kier alpha value is -1.90. The smallest absolute Gasteiger partial charge is 0.254 e. The quantitative estimate of drug-likeness (QED) is 0.763. The largest absolute Gasteiger partial charge is 0.494 e. The summed E-state index contributed by atoms with van der Waals surface area (Å²) < 4.78 is 32.7. The summed E-state index contributed by atoms with van der Waals surface area (Å²) in [6, 6.07) is 8.82. The van der Waals surface area contributed by atoms with Gasteiger partial charge in [0.25, 0.3) is 5.91 Å². The fraction of sp³-hybridized carbons (Fsp3) is 0.421. The van der Waals surface area contributed by atoms with Crippen LogP contribution in [-0.4, -0.2) is 56.3 Å². The first-order valence-electron chi connectivity index (χ1n) is 8.92. The predicted molar refractivity (Wildman–Crippen MR) is 106 cm³/mol. The Kier molecular flexibility index (Phi) is 5.88. The van der Waals surface area contributed by atoms with Crippen molar-refractivity contribution in [2.75, 3.05) is 32.8 Å². The standard InChI is InChI=1S/C19H24N2O4S2/c1-4-25-17-7-5-6-16(13-17)19(22)20-8-10-21(11-9-20)27(23,24)18-12-14(2)26-15(18)3/h5-7,12-13H,4,8-11H2,1-3H3. The molecule has 1 aromatic carbocycles. The lowest BCUT2D eigenvalue weighted by Gasteiger charge is -2.34. The van der Waals surface area contributed by atoms with E-state index >= 15 is 0 Å². The summed E-state index contributed by atoms with van der Waals surface area (Å²) in [6.45, 7) is 7.51. The molecule has 3 rings (SSSR count). The van der Waals surface area contributed by atoms with Gasteiger partial charge in [-0.2, -0.15) is 4.31 Å². The summed E-state index contributed by atoms with van der Waals surface area (Å²) in [6.07, 6.45) is 0. The minimum Gasteiger partial charge on any atom is -0.494 e. The maximum absolute atomic E-state index is 12.9. The van der Waals surface area contributed by atoms with E-state index in [1.807, 2.05) is 26.8 Å². The second-order valence-electron chi connectivity index (χ2n) is 6.43. The van der Waals surface area contributed by atoms with Crippen molar-refractivity contribution in [1.82, 2.24) is 9.21 Å². The molecule has 1 aromatic heterocycles. The van der Waals surface area contributed by atoms with Crippen LogP contribution >= 0.6 is 11.3 Å². The third-order valence-electron chi connectivity index (χ3n) is 4.53. The third-order valence-corrected chi connectivity index (χ3v) is 7.65. The molecule has 2 aromatic rings. The topological polar surface area (TPSA) is 66.9 Å². The highest BCUT2D eigenvalue weighted by molar-refractivity contribution is 7.89. The van der Waals surface area contributed by atoms with Crippen molar-refractivity contribution in [2.24, 2.45) is 0 Å². The van der Waals surface area contributed by atoms with Crippen LogP contribution in [0.5, 0.6) is 5.75 Å². The van der Waals surface area contributed by atoms with Crippen LogP contribution in [0.2, 0.25) is 0 Å². The van der Waals surface area contributed by atoms with Gasteiger partial charge in [-0.15, -0.1) is 11.3 Å². The normalized spacial score (nSPS) is 15.7. The second kappa shape index (κ2) is 8.00. The van der Waals surface area contributed by atoms with Gasteiger partial charge in [-0.3, -0.25) is 4.79 Å². The number of benzene rings is 1. The van der Waals surface area contributed by atoms with Crippen molar-refractivity contribution in [3.05, 3.63) is 45.6 Å². The van der Waals surface area contributed by atoms with E-state index in [0.717, 1.165) is 9.75 Å². The number of thiophene rings is 1. The van der Waals surface area contributed by atoms with E-state index < -0.39 is 10.0 Å². The molecule has 27 heavy (non-hydrogen) atoms. The van der Waals surface area contributed by atoms with Crippen LogP contribution in [0, 0.1) is 13.8 Å². The predicted octanol–water partition coefficient (Wildman–Crippen LogP) is 2.91. The van der Waals surface area contributed by atoms with Crippen LogP contribution in [0.25, 0.3) is 0 Å². The van der Waals surface area contributed by atoms with Crippen LogP contribution in [0.15, 0.2) is 35.2 Å². The number of hydrogen-bond acceptors (Lipinski definition) is 5.